The molecule has 5 heteroatoms. The molecule has 6 rings (SSSR count). The van der Waals surface area contributed by atoms with Crippen LogP contribution in [0.25, 0.3) is 0 Å². The molecule has 394 valence electrons. The zero-order valence-corrected chi connectivity index (χ0v) is 47.8. The summed E-state index contributed by atoms with van der Waals surface area (Å²) in [4.78, 5) is 0. The van der Waals surface area contributed by atoms with Crippen molar-refractivity contribution in [3.05, 3.63) is 66.2 Å². The molecule has 0 radical (unpaired) electrons. The van der Waals surface area contributed by atoms with Gasteiger partial charge in [-0.3, -0.25) is 0 Å². The monoisotopic (exact) mass is 947 g/mol. The van der Waals surface area contributed by atoms with Crippen LogP contribution in [0.4, 0.5) is 13.2 Å². The van der Waals surface area contributed by atoms with Crippen LogP contribution in [0.3, 0.4) is 0 Å². The van der Waals surface area contributed by atoms with Gasteiger partial charge in [-0.05, 0) is 131 Å². The maximum absolute atomic E-state index is 11.2. The second-order valence-electron chi connectivity index (χ2n) is 23.6. The Balaban J connectivity index is 0. The predicted octanol–water partition coefficient (Wildman–Crippen LogP) is 21.3. The second kappa shape index (κ2) is 37.8. The molecule has 4 fully saturated rings. The fourth-order valence-corrected chi connectivity index (χ4v) is 9.27. The zero-order chi connectivity index (χ0) is 51.8. The highest BCUT2D eigenvalue weighted by molar-refractivity contribution is 5.21. The van der Waals surface area contributed by atoms with Crippen LogP contribution >= 0.6 is 0 Å². The largest absolute Gasteiger partial charge is 0.491 e. The Labute approximate surface area is 416 Å². The van der Waals surface area contributed by atoms with Crippen molar-refractivity contribution in [2.45, 2.75) is 265 Å². The fourth-order valence-electron chi connectivity index (χ4n) is 9.27. The van der Waals surface area contributed by atoms with Gasteiger partial charge in [-0.25, -0.2) is 0 Å². The fraction of sp³-hybridized carbons (Fsp3) is 0.806. The maximum Gasteiger partial charge on any atom is 0.391 e. The number of alkyl halides is 3. The lowest BCUT2D eigenvalue weighted by atomic mass is 9.76. The summed E-state index contributed by atoms with van der Waals surface area (Å²) in [5.74, 6) is 8.30. The molecule has 2 aromatic carbocycles. The molecule has 0 spiro atoms. The molecule has 0 heterocycles. The van der Waals surface area contributed by atoms with Crippen LogP contribution in [0, 0.1) is 58.7 Å². The van der Waals surface area contributed by atoms with Gasteiger partial charge < -0.3 is 9.47 Å². The molecule has 0 amide bonds. The number of halogens is 3. The molecule has 4 aliphatic carbocycles. The number of rotatable bonds is 9. The summed E-state index contributed by atoms with van der Waals surface area (Å²) in [5.41, 5.74) is 2.05. The van der Waals surface area contributed by atoms with E-state index >= 15 is 0 Å². The molecule has 0 bridgehead atoms. The number of hydrogen-bond donors (Lipinski definition) is 0. The first kappa shape index (κ1) is 67.1. The third kappa shape index (κ3) is 36.6. The first-order valence-electron chi connectivity index (χ1n) is 27.6. The minimum absolute atomic E-state index is 0.266. The molecule has 67 heavy (non-hydrogen) atoms. The molecule has 4 saturated carbocycles. The van der Waals surface area contributed by atoms with Crippen molar-refractivity contribution in [3.63, 3.8) is 0 Å². The van der Waals surface area contributed by atoms with Crippen LogP contribution in [0.15, 0.2) is 60.7 Å². The Morgan fingerprint density at radius 1 is 0.448 bits per heavy atom. The molecule has 2 nitrogen and oxygen atoms in total. The van der Waals surface area contributed by atoms with Gasteiger partial charge in [0.05, 0.1) is 18.3 Å². The summed E-state index contributed by atoms with van der Waals surface area (Å²) < 4.78 is 44.2. The van der Waals surface area contributed by atoms with E-state index in [1.807, 2.05) is 77.9 Å². The minimum atomic E-state index is -4.00. The molecule has 0 aromatic heterocycles. The SMILES string of the molecule is CC(C)C(F)(F)F.CC(C)C1CCC1.CC(C)C1CCCC1.CC(C)C1CCCC1(C)C.CC(C)C1CCCCC1.CC(C)OC(C)C.CC(C)Oc1ccccc1.CC(C)c1ccccc1. The Bertz CT molecular complexity index is 1340. The quantitative estimate of drug-likeness (QED) is 0.249. The molecule has 0 saturated heterocycles. The lowest BCUT2D eigenvalue weighted by Crippen LogP contribution is -2.21. The smallest absolute Gasteiger partial charge is 0.391 e. The Morgan fingerprint density at radius 2 is 0.806 bits per heavy atom. The standard InChI is InChI=1S/C10H20.C9H12O.C9H18.C9H12.C8H16.C7H14.C6H14O.C4H7F3/c1-8(2)9-6-5-7-10(9,3)4;1-8(2)10-9-6-4-3-5-7-9;2*1-8(2)9-6-4-3-5-7-9;1-7(2)8-5-3-4-6-8;1-6(2)7-4-3-5-7;1-5(2)7-6(3)4;1-3(2)4(5,6)7/h8-9H,5-7H2,1-4H3;3-8H,1-2H3;8-9H,3-7H2,1-2H3;3-8H,1-2H3;7-8H,3-6H2,1-2H3;6-7H,3-5H2,1-2H3;5-6H,1-4H3;3H,1-2H3. The van der Waals surface area contributed by atoms with E-state index in [0.29, 0.717) is 23.5 Å². The van der Waals surface area contributed by atoms with E-state index in [2.05, 4.69) is 107 Å². The number of benzene rings is 2. The van der Waals surface area contributed by atoms with Gasteiger partial charge in [-0.2, -0.15) is 13.2 Å². The molecular weight excluding hydrogens is 834 g/mol. The first-order chi connectivity index (χ1) is 31.1. The van der Waals surface area contributed by atoms with E-state index in [1.54, 1.807) is 0 Å². The molecule has 0 N–H and O–H groups in total. The maximum atomic E-state index is 11.2. The molecule has 0 aliphatic heterocycles. The van der Waals surface area contributed by atoms with Crippen LogP contribution < -0.4 is 4.74 Å². The minimum Gasteiger partial charge on any atom is -0.491 e. The van der Waals surface area contributed by atoms with E-state index in [-0.39, 0.29) is 6.10 Å². The van der Waals surface area contributed by atoms with Crippen molar-refractivity contribution in [1.29, 1.82) is 0 Å². The third-order valence-corrected chi connectivity index (χ3v) is 14.0. The summed E-state index contributed by atoms with van der Waals surface area (Å²) in [5, 5.41) is 0. The van der Waals surface area contributed by atoms with Gasteiger partial charge in [0, 0.05) is 5.92 Å². The Morgan fingerprint density at radius 3 is 1.00 bits per heavy atom. The third-order valence-electron chi connectivity index (χ3n) is 14.0. The highest BCUT2D eigenvalue weighted by Gasteiger charge is 2.36. The van der Waals surface area contributed by atoms with Crippen molar-refractivity contribution >= 4 is 0 Å². The molecule has 4 aliphatic rings. The van der Waals surface area contributed by atoms with Crippen molar-refractivity contribution < 1.29 is 22.6 Å². The van der Waals surface area contributed by atoms with E-state index in [4.69, 9.17) is 9.47 Å². The Hall–Kier alpha value is -2.01. The van der Waals surface area contributed by atoms with E-state index in [1.165, 1.54) is 102 Å². The lowest BCUT2D eigenvalue weighted by Gasteiger charge is -2.30. The molecular formula is C62H113F3O2. The summed E-state index contributed by atoms with van der Waals surface area (Å²) in [7, 11) is 0. The van der Waals surface area contributed by atoms with Gasteiger partial charge in [0.1, 0.15) is 5.75 Å². The van der Waals surface area contributed by atoms with Crippen molar-refractivity contribution in [1.82, 2.24) is 0 Å². The predicted molar refractivity (Wildman–Crippen MR) is 291 cm³/mol. The highest BCUT2D eigenvalue weighted by Crippen LogP contribution is 2.46. The molecule has 2 aromatic rings. The average molecular weight is 948 g/mol. The van der Waals surface area contributed by atoms with Gasteiger partial charge in [-0.15, -0.1) is 0 Å². The Kier molecular flexibility index (Phi) is 37.8. The van der Waals surface area contributed by atoms with Gasteiger partial charge in [0.2, 0.25) is 0 Å². The summed E-state index contributed by atoms with van der Waals surface area (Å²) in [6.45, 7) is 42.5. The van der Waals surface area contributed by atoms with Crippen LogP contribution in [0.1, 0.15) is 246 Å². The second-order valence-corrected chi connectivity index (χ2v) is 23.6. The highest BCUT2D eigenvalue weighted by atomic mass is 19.4. The van der Waals surface area contributed by atoms with E-state index in [0.717, 1.165) is 66.9 Å². The lowest BCUT2D eigenvalue weighted by molar-refractivity contribution is -0.164. The normalized spacial score (nSPS) is 18.2. The summed E-state index contributed by atoms with van der Waals surface area (Å²) >= 11 is 0. The van der Waals surface area contributed by atoms with E-state index < -0.39 is 12.1 Å². The van der Waals surface area contributed by atoms with Gasteiger partial charge in [0.15, 0.2) is 0 Å². The first-order valence-corrected chi connectivity index (χ1v) is 27.6. The average Bonchev–Trinajstić information content (AvgIpc) is 3.89. The summed E-state index contributed by atoms with van der Waals surface area (Å²) in [6, 6.07) is 20.4. The number of para-hydroxylation sites is 1. The molecule has 1 unspecified atom stereocenters. The molecule has 1 atom stereocenters. The summed E-state index contributed by atoms with van der Waals surface area (Å²) in [6.07, 6.45) is 19.3. The van der Waals surface area contributed by atoms with Crippen LogP contribution in [0.2, 0.25) is 0 Å². The van der Waals surface area contributed by atoms with Gasteiger partial charge >= 0.3 is 6.18 Å². The van der Waals surface area contributed by atoms with E-state index in [9.17, 15) is 13.2 Å². The van der Waals surface area contributed by atoms with Crippen molar-refractivity contribution in [2.24, 2.45) is 58.7 Å². The zero-order valence-electron chi connectivity index (χ0n) is 47.8. The van der Waals surface area contributed by atoms with Crippen LogP contribution in [-0.2, 0) is 4.74 Å². The van der Waals surface area contributed by atoms with Crippen LogP contribution in [0.5, 0.6) is 5.75 Å². The van der Waals surface area contributed by atoms with Crippen LogP contribution in [-0.4, -0.2) is 24.5 Å². The number of ether oxygens (including phenoxy) is 2. The van der Waals surface area contributed by atoms with Crippen molar-refractivity contribution in [2.75, 3.05) is 0 Å². The number of hydrogen-bond acceptors (Lipinski definition) is 2. The topological polar surface area (TPSA) is 18.5 Å². The van der Waals surface area contributed by atoms with Gasteiger partial charge in [-0.1, -0.05) is 229 Å². The van der Waals surface area contributed by atoms with Gasteiger partial charge in [0.25, 0.3) is 0 Å². The van der Waals surface area contributed by atoms with Crippen molar-refractivity contribution in [3.8, 4) is 5.75 Å².